The molecule has 0 saturated heterocycles. The molecular weight excluding hydrogens is 198 g/mol. The van der Waals surface area contributed by atoms with Crippen LogP contribution >= 0.6 is 0 Å². The van der Waals surface area contributed by atoms with E-state index >= 15 is 0 Å². The molecule has 0 aliphatic heterocycles. The summed E-state index contributed by atoms with van der Waals surface area (Å²) in [4.78, 5) is 0. The first kappa shape index (κ1) is 13.2. The maximum Gasteiger partial charge on any atom is 0.0641 e. The molecule has 0 amide bonds. The lowest BCUT2D eigenvalue weighted by molar-refractivity contribution is 0.482. The molecule has 0 radical (unpaired) electrons. The highest BCUT2D eigenvalue weighted by molar-refractivity contribution is 5.24. The second kappa shape index (κ2) is 6.04. The first-order chi connectivity index (χ1) is 7.63. The highest BCUT2D eigenvalue weighted by Crippen LogP contribution is 2.13. The minimum Gasteiger partial charge on any atom is -0.310 e. The Bertz CT molecular complexity index is 324. The van der Waals surface area contributed by atoms with Gasteiger partial charge in [0.05, 0.1) is 5.69 Å². The highest BCUT2D eigenvalue weighted by Gasteiger charge is 2.11. The quantitative estimate of drug-likeness (QED) is 0.803. The Kier molecular flexibility index (Phi) is 5.00. The molecule has 0 bridgehead atoms. The molecule has 0 fully saturated rings. The lowest BCUT2D eigenvalue weighted by Gasteiger charge is -2.14. The fraction of sp³-hybridized carbons (Fsp3) is 0.769. The summed E-state index contributed by atoms with van der Waals surface area (Å²) in [6.45, 7) is 12.8. The Morgan fingerprint density at radius 1 is 1.19 bits per heavy atom. The summed E-state index contributed by atoms with van der Waals surface area (Å²) in [5.41, 5.74) is 3.84. The molecule has 1 aromatic heterocycles. The smallest absolute Gasteiger partial charge is 0.0641 e. The van der Waals surface area contributed by atoms with E-state index in [0.29, 0.717) is 6.04 Å². The fourth-order valence-corrected chi connectivity index (χ4v) is 2.12. The van der Waals surface area contributed by atoms with Gasteiger partial charge in [-0.05, 0) is 33.6 Å². The van der Waals surface area contributed by atoms with E-state index < -0.39 is 0 Å². The van der Waals surface area contributed by atoms with Crippen LogP contribution in [0.4, 0.5) is 0 Å². The van der Waals surface area contributed by atoms with Crippen molar-refractivity contribution in [3.05, 3.63) is 17.0 Å². The SMILES string of the molecule is CCC(CC)NCc1c(C)nn(CC)c1C. The van der Waals surface area contributed by atoms with Crippen molar-refractivity contribution in [2.75, 3.05) is 0 Å². The summed E-state index contributed by atoms with van der Waals surface area (Å²) < 4.78 is 2.08. The molecule has 0 saturated carbocycles. The average molecular weight is 223 g/mol. The Labute approximate surface area is 99.2 Å². The fourth-order valence-electron chi connectivity index (χ4n) is 2.12. The normalized spacial score (nSPS) is 11.4. The average Bonchev–Trinajstić information content (AvgIpc) is 2.56. The van der Waals surface area contributed by atoms with E-state index in [9.17, 15) is 0 Å². The maximum absolute atomic E-state index is 4.53. The zero-order valence-corrected chi connectivity index (χ0v) is 11.3. The molecule has 0 atom stereocenters. The maximum atomic E-state index is 4.53. The summed E-state index contributed by atoms with van der Waals surface area (Å²) in [6.07, 6.45) is 2.38. The number of hydrogen-bond acceptors (Lipinski definition) is 2. The number of aryl methyl sites for hydroxylation is 2. The molecule has 0 aliphatic rings. The molecule has 1 heterocycles. The van der Waals surface area contributed by atoms with Crippen LogP contribution in [0.1, 0.15) is 50.6 Å². The zero-order valence-electron chi connectivity index (χ0n) is 11.3. The molecule has 1 aromatic rings. The van der Waals surface area contributed by atoms with Gasteiger partial charge in [-0.1, -0.05) is 13.8 Å². The molecule has 92 valence electrons. The van der Waals surface area contributed by atoms with E-state index in [1.807, 2.05) is 0 Å². The summed E-state index contributed by atoms with van der Waals surface area (Å²) >= 11 is 0. The molecular formula is C13H25N3. The summed E-state index contributed by atoms with van der Waals surface area (Å²) in [6, 6.07) is 0.628. The van der Waals surface area contributed by atoms with Crippen molar-refractivity contribution < 1.29 is 0 Å². The first-order valence-electron chi connectivity index (χ1n) is 6.40. The number of nitrogens with one attached hydrogen (secondary N) is 1. The lowest BCUT2D eigenvalue weighted by atomic mass is 10.1. The largest absolute Gasteiger partial charge is 0.310 e. The molecule has 0 aliphatic carbocycles. The predicted molar refractivity (Wildman–Crippen MR) is 68.6 cm³/mol. The van der Waals surface area contributed by atoms with Gasteiger partial charge in [0.2, 0.25) is 0 Å². The van der Waals surface area contributed by atoms with Gasteiger partial charge in [-0.3, -0.25) is 4.68 Å². The number of hydrogen-bond donors (Lipinski definition) is 1. The van der Waals surface area contributed by atoms with Gasteiger partial charge in [0.15, 0.2) is 0 Å². The second-order valence-corrected chi connectivity index (χ2v) is 4.36. The van der Waals surface area contributed by atoms with Crippen LogP contribution in [-0.2, 0) is 13.1 Å². The van der Waals surface area contributed by atoms with Crippen molar-refractivity contribution in [3.63, 3.8) is 0 Å². The van der Waals surface area contributed by atoms with Crippen molar-refractivity contribution >= 4 is 0 Å². The van der Waals surface area contributed by atoms with Crippen molar-refractivity contribution in [2.45, 2.75) is 66.6 Å². The molecule has 0 spiro atoms. The van der Waals surface area contributed by atoms with Crippen LogP contribution in [0.2, 0.25) is 0 Å². The van der Waals surface area contributed by atoms with Crippen LogP contribution in [0.3, 0.4) is 0 Å². The van der Waals surface area contributed by atoms with Crippen LogP contribution in [0.5, 0.6) is 0 Å². The van der Waals surface area contributed by atoms with Gasteiger partial charge in [0, 0.05) is 30.4 Å². The van der Waals surface area contributed by atoms with Crippen LogP contribution < -0.4 is 5.32 Å². The number of nitrogens with zero attached hydrogens (tertiary/aromatic N) is 2. The third-order valence-electron chi connectivity index (χ3n) is 3.38. The third kappa shape index (κ3) is 2.85. The molecule has 16 heavy (non-hydrogen) atoms. The Hall–Kier alpha value is -0.830. The van der Waals surface area contributed by atoms with Gasteiger partial charge in [-0.25, -0.2) is 0 Å². The summed E-state index contributed by atoms with van der Waals surface area (Å²) in [5.74, 6) is 0. The monoisotopic (exact) mass is 223 g/mol. The Morgan fingerprint density at radius 3 is 2.25 bits per heavy atom. The Morgan fingerprint density at radius 2 is 1.81 bits per heavy atom. The summed E-state index contributed by atoms with van der Waals surface area (Å²) in [7, 11) is 0. The van der Waals surface area contributed by atoms with Crippen molar-refractivity contribution in [2.24, 2.45) is 0 Å². The van der Waals surface area contributed by atoms with E-state index in [2.05, 4.69) is 49.7 Å². The minimum absolute atomic E-state index is 0.628. The summed E-state index contributed by atoms with van der Waals surface area (Å²) in [5, 5.41) is 8.14. The molecule has 1 N–H and O–H groups in total. The molecule has 3 nitrogen and oxygen atoms in total. The van der Waals surface area contributed by atoms with Gasteiger partial charge < -0.3 is 5.32 Å². The standard InChI is InChI=1S/C13H25N3/c1-6-12(7-2)14-9-13-10(4)15-16(8-3)11(13)5/h12,14H,6-9H2,1-5H3. The van der Waals surface area contributed by atoms with Gasteiger partial charge in [-0.15, -0.1) is 0 Å². The van der Waals surface area contributed by atoms with Gasteiger partial charge in [-0.2, -0.15) is 5.10 Å². The van der Waals surface area contributed by atoms with E-state index in [0.717, 1.165) is 18.8 Å². The lowest BCUT2D eigenvalue weighted by Crippen LogP contribution is -2.27. The first-order valence-corrected chi connectivity index (χ1v) is 6.40. The van der Waals surface area contributed by atoms with Crippen LogP contribution in [-0.4, -0.2) is 15.8 Å². The topological polar surface area (TPSA) is 29.9 Å². The van der Waals surface area contributed by atoms with Crippen LogP contribution in [0.25, 0.3) is 0 Å². The van der Waals surface area contributed by atoms with Gasteiger partial charge in [0.25, 0.3) is 0 Å². The number of rotatable bonds is 6. The predicted octanol–water partition coefficient (Wildman–Crippen LogP) is 2.80. The van der Waals surface area contributed by atoms with E-state index in [1.54, 1.807) is 0 Å². The second-order valence-electron chi connectivity index (χ2n) is 4.36. The molecule has 3 heteroatoms. The van der Waals surface area contributed by atoms with Crippen LogP contribution in [0, 0.1) is 13.8 Å². The molecule has 0 aromatic carbocycles. The zero-order chi connectivity index (χ0) is 12.1. The van der Waals surface area contributed by atoms with Crippen molar-refractivity contribution in [1.82, 2.24) is 15.1 Å². The third-order valence-corrected chi connectivity index (χ3v) is 3.38. The Balaban J connectivity index is 2.69. The van der Waals surface area contributed by atoms with Crippen molar-refractivity contribution in [3.8, 4) is 0 Å². The van der Waals surface area contributed by atoms with Crippen molar-refractivity contribution in [1.29, 1.82) is 0 Å². The van der Waals surface area contributed by atoms with E-state index in [-0.39, 0.29) is 0 Å². The number of aromatic nitrogens is 2. The van der Waals surface area contributed by atoms with Gasteiger partial charge in [0.1, 0.15) is 0 Å². The molecule has 1 rings (SSSR count). The van der Waals surface area contributed by atoms with Crippen LogP contribution in [0.15, 0.2) is 0 Å². The van der Waals surface area contributed by atoms with Gasteiger partial charge >= 0.3 is 0 Å². The molecule has 0 unspecified atom stereocenters. The highest BCUT2D eigenvalue weighted by atomic mass is 15.3. The van der Waals surface area contributed by atoms with E-state index in [1.165, 1.54) is 24.1 Å². The van der Waals surface area contributed by atoms with E-state index in [4.69, 9.17) is 0 Å². The minimum atomic E-state index is 0.628.